The van der Waals surface area contributed by atoms with Gasteiger partial charge in [-0.2, -0.15) is 0 Å². The van der Waals surface area contributed by atoms with Crippen molar-refractivity contribution in [1.29, 1.82) is 0 Å². The topological polar surface area (TPSA) is 29.1 Å². The second kappa shape index (κ2) is 5.66. The Hall–Kier alpha value is -1.82. The Morgan fingerprint density at radius 1 is 1.10 bits per heavy atom. The third-order valence-corrected chi connectivity index (χ3v) is 3.36. The monoisotopic (exact) mass is 343 g/mol. The van der Waals surface area contributed by atoms with Gasteiger partial charge in [-0.25, -0.2) is 13.2 Å². The lowest BCUT2D eigenvalue weighted by Crippen LogP contribution is -2.15. The van der Waals surface area contributed by atoms with Crippen molar-refractivity contribution in [3.05, 3.63) is 63.4 Å². The molecular formula is C14H9BrF3NO. The van der Waals surface area contributed by atoms with Crippen molar-refractivity contribution < 1.29 is 18.0 Å². The second-order valence-corrected chi connectivity index (χ2v) is 5.01. The molecule has 0 atom stereocenters. The third-order valence-electron chi connectivity index (χ3n) is 2.67. The summed E-state index contributed by atoms with van der Waals surface area (Å²) in [6, 6.07) is 5.47. The first-order chi connectivity index (χ1) is 9.38. The van der Waals surface area contributed by atoms with Crippen molar-refractivity contribution in [3.63, 3.8) is 0 Å². The number of benzene rings is 2. The molecule has 0 radical (unpaired) electrons. The molecule has 6 heteroatoms. The summed E-state index contributed by atoms with van der Waals surface area (Å²) in [4.78, 5) is 11.9. The van der Waals surface area contributed by atoms with Crippen LogP contribution in [0.25, 0.3) is 0 Å². The molecule has 2 rings (SSSR count). The molecule has 1 amide bonds. The molecule has 1 N–H and O–H groups in total. The third kappa shape index (κ3) is 3.01. The maximum Gasteiger partial charge on any atom is 0.258 e. The first-order valence-electron chi connectivity index (χ1n) is 5.60. The molecule has 0 bridgehead atoms. The predicted molar refractivity (Wildman–Crippen MR) is 73.1 cm³/mol. The Kier molecular flexibility index (Phi) is 4.13. The van der Waals surface area contributed by atoms with Gasteiger partial charge in [-0.3, -0.25) is 4.79 Å². The van der Waals surface area contributed by atoms with Crippen LogP contribution < -0.4 is 5.32 Å². The lowest BCUT2D eigenvalue weighted by molar-refractivity contribution is 0.102. The zero-order valence-electron chi connectivity index (χ0n) is 10.3. The fourth-order valence-corrected chi connectivity index (χ4v) is 1.96. The molecule has 0 aromatic heterocycles. The van der Waals surface area contributed by atoms with Crippen LogP contribution in [0.4, 0.5) is 18.9 Å². The molecular weight excluding hydrogens is 335 g/mol. The van der Waals surface area contributed by atoms with Gasteiger partial charge in [-0.1, -0.05) is 0 Å². The van der Waals surface area contributed by atoms with Gasteiger partial charge in [0.2, 0.25) is 0 Å². The maximum absolute atomic E-state index is 13.6. The number of hydrogen-bond acceptors (Lipinski definition) is 1. The maximum atomic E-state index is 13.6. The fourth-order valence-electron chi connectivity index (χ4n) is 1.61. The lowest BCUT2D eigenvalue weighted by Gasteiger charge is -2.09. The molecule has 2 aromatic rings. The Bertz CT molecular complexity index is 688. The van der Waals surface area contributed by atoms with E-state index in [-0.39, 0.29) is 16.8 Å². The zero-order chi connectivity index (χ0) is 14.9. The highest BCUT2D eigenvalue weighted by Crippen LogP contribution is 2.24. The summed E-state index contributed by atoms with van der Waals surface area (Å²) in [5.41, 5.74) is 0.00583. The summed E-state index contributed by atoms with van der Waals surface area (Å²) in [5, 5.41) is 2.37. The minimum atomic E-state index is -0.974. The summed E-state index contributed by atoms with van der Waals surface area (Å²) in [5.74, 6) is -3.03. The van der Waals surface area contributed by atoms with E-state index in [4.69, 9.17) is 0 Å². The number of nitrogens with one attached hydrogen (secondary N) is 1. The van der Waals surface area contributed by atoms with E-state index in [1.807, 2.05) is 0 Å². The number of halogens is 4. The minimum Gasteiger partial charge on any atom is -0.321 e. The van der Waals surface area contributed by atoms with E-state index in [0.29, 0.717) is 10.5 Å². The molecule has 20 heavy (non-hydrogen) atoms. The first kappa shape index (κ1) is 14.6. The fraction of sp³-hybridized carbons (Fsp3) is 0.0714. The van der Waals surface area contributed by atoms with Crippen LogP contribution in [0.3, 0.4) is 0 Å². The van der Waals surface area contributed by atoms with Crippen LogP contribution in [0.15, 0.2) is 34.8 Å². The van der Waals surface area contributed by atoms with E-state index < -0.39 is 23.4 Å². The second-order valence-electron chi connectivity index (χ2n) is 4.16. The molecule has 2 nitrogen and oxygen atoms in total. The molecule has 104 valence electrons. The van der Waals surface area contributed by atoms with Gasteiger partial charge < -0.3 is 5.32 Å². The van der Waals surface area contributed by atoms with Gasteiger partial charge in [0.25, 0.3) is 5.91 Å². The van der Waals surface area contributed by atoms with Crippen LogP contribution in [0.5, 0.6) is 0 Å². The number of hydrogen-bond donors (Lipinski definition) is 1. The Labute approximate surface area is 121 Å². The van der Waals surface area contributed by atoms with E-state index in [2.05, 4.69) is 21.2 Å². The predicted octanol–water partition coefficient (Wildman–Crippen LogP) is 4.43. The molecule has 0 heterocycles. The van der Waals surface area contributed by atoms with Gasteiger partial charge in [0.1, 0.15) is 17.5 Å². The van der Waals surface area contributed by atoms with Crippen molar-refractivity contribution in [2.24, 2.45) is 0 Å². The van der Waals surface area contributed by atoms with E-state index in [1.54, 1.807) is 0 Å². The highest BCUT2D eigenvalue weighted by Gasteiger charge is 2.16. The van der Waals surface area contributed by atoms with Crippen LogP contribution in [-0.4, -0.2) is 5.91 Å². The number of carbonyl (C=O) groups is 1. The van der Waals surface area contributed by atoms with Crippen LogP contribution >= 0.6 is 15.9 Å². The van der Waals surface area contributed by atoms with Crippen molar-refractivity contribution in [2.45, 2.75) is 6.92 Å². The molecule has 0 aliphatic carbocycles. The molecule has 0 unspecified atom stereocenters. The van der Waals surface area contributed by atoms with Crippen LogP contribution in [-0.2, 0) is 0 Å². The normalized spacial score (nSPS) is 10.4. The standard InChI is InChI=1S/C14H9BrF3NO/c1-7-4-9(12(18)6-11(7)17)14(20)19-13-5-8(16)2-3-10(13)15/h2-6H,1H3,(H,19,20). The molecule has 0 saturated carbocycles. The molecule has 0 spiro atoms. The smallest absolute Gasteiger partial charge is 0.258 e. The van der Waals surface area contributed by atoms with E-state index in [1.165, 1.54) is 19.1 Å². The lowest BCUT2D eigenvalue weighted by atomic mass is 10.1. The van der Waals surface area contributed by atoms with Crippen LogP contribution in [0, 0.1) is 24.4 Å². The zero-order valence-corrected chi connectivity index (χ0v) is 11.9. The number of carbonyl (C=O) groups excluding carboxylic acids is 1. The summed E-state index contributed by atoms with van der Waals surface area (Å²) in [6.07, 6.45) is 0. The van der Waals surface area contributed by atoms with E-state index >= 15 is 0 Å². The molecule has 2 aromatic carbocycles. The van der Waals surface area contributed by atoms with Crippen LogP contribution in [0.2, 0.25) is 0 Å². The van der Waals surface area contributed by atoms with E-state index in [0.717, 1.165) is 12.1 Å². The largest absolute Gasteiger partial charge is 0.321 e. The summed E-state index contributed by atoms with van der Waals surface area (Å²) in [7, 11) is 0. The van der Waals surface area contributed by atoms with Gasteiger partial charge in [-0.15, -0.1) is 0 Å². The molecule has 0 fully saturated rings. The summed E-state index contributed by atoms with van der Waals surface area (Å²) in [6.45, 7) is 1.42. The average Bonchev–Trinajstić information content (AvgIpc) is 2.38. The number of amides is 1. The number of anilines is 1. The number of rotatable bonds is 2. The average molecular weight is 344 g/mol. The van der Waals surface area contributed by atoms with E-state index in [9.17, 15) is 18.0 Å². The quantitative estimate of drug-likeness (QED) is 0.858. The van der Waals surface area contributed by atoms with Crippen molar-refractivity contribution >= 4 is 27.5 Å². The molecule has 0 aliphatic heterocycles. The van der Waals surface area contributed by atoms with Gasteiger partial charge in [0.15, 0.2) is 0 Å². The molecule has 0 saturated heterocycles. The van der Waals surface area contributed by atoms with Gasteiger partial charge in [0.05, 0.1) is 11.3 Å². The van der Waals surface area contributed by atoms with Gasteiger partial charge in [-0.05, 0) is 52.7 Å². The Morgan fingerprint density at radius 2 is 1.80 bits per heavy atom. The number of aryl methyl sites for hydroxylation is 1. The molecule has 0 aliphatic rings. The minimum absolute atomic E-state index is 0.148. The van der Waals surface area contributed by atoms with Crippen LogP contribution in [0.1, 0.15) is 15.9 Å². The Morgan fingerprint density at radius 3 is 2.50 bits per heavy atom. The summed E-state index contributed by atoms with van der Waals surface area (Å²) >= 11 is 3.14. The van der Waals surface area contributed by atoms with Crippen molar-refractivity contribution in [3.8, 4) is 0 Å². The highest BCUT2D eigenvalue weighted by molar-refractivity contribution is 9.10. The SMILES string of the molecule is Cc1cc(C(=O)Nc2cc(F)ccc2Br)c(F)cc1F. The van der Waals surface area contributed by atoms with Crippen molar-refractivity contribution in [2.75, 3.05) is 5.32 Å². The highest BCUT2D eigenvalue weighted by atomic mass is 79.9. The first-order valence-corrected chi connectivity index (χ1v) is 6.40. The summed E-state index contributed by atoms with van der Waals surface area (Å²) < 4.78 is 40.3. The van der Waals surface area contributed by atoms with Crippen molar-refractivity contribution in [1.82, 2.24) is 0 Å². The van der Waals surface area contributed by atoms with Gasteiger partial charge in [0, 0.05) is 10.5 Å². The Balaban J connectivity index is 2.33. The van der Waals surface area contributed by atoms with Gasteiger partial charge >= 0.3 is 0 Å².